The van der Waals surface area contributed by atoms with Gasteiger partial charge in [-0.3, -0.25) is 0 Å². The van der Waals surface area contributed by atoms with Crippen molar-refractivity contribution in [1.29, 1.82) is 0 Å². The number of nitrogen functional groups attached to an aromatic ring is 1. The zero-order chi connectivity index (χ0) is 11.7. The molecule has 2 aromatic rings. The molecule has 0 spiro atoms. The molecule has 16 heavy (non-hydrogen) atoms. The highest BCUT2D eigenvalue weighted by Crippen LogP contribution is 2.31. The zero-order valence-electron chi connectivity index (χ0n) is 8.50. The first-order valence-electron chi connectivity index (χ1n) is 4.69. The molecule has 0 aliphatic rings. The number of aryl methyl sites for hydroxylation is 1. The lowest BCUT2D eigenvalue weighted by molar-refractivity contribution is 0.998. The molecule has 0 saturated heterocycles. The summed E-state index contributed by atoms with van der Waals surface area (Å²) in [5, 5.41) is 0. The average molecular weight is 319 g/mol. The molecule has 2 N–H and O–H groups in total. The van der Waals surface area contributed by atoms with Crippen molar-refractivity contribution >= 4 is 44.7 Å². The van der Waals surface area contributed by atoms with Crippen molar-refractivity contribution in [2.45, 2.75) is 13.3 Å². The summed E-state index contributed by atoms with van der Waals surface area (Å²) in [6.07, 6.45) is 0.805. The molecule has 0 unspecified atom stereocenters. The Kier molecular flexibility index (Phi) is 3.47. The zero-order valence-corrected chi connectivity index (χ0v) is 11.7. The monoisotopic (exact) mass is 317 g/mol. The molecule has 0 radical (unpaired) electrons. The third kappa shape index (κ3) is 2.21. The Labute approximate surface area is 111 Å². The SMILES string of the molecule is CCc1nc(-c2ccc(Cl)s2)nc(N)c1Br. The molecular formula is C10H9BrClN3S. The van der Waals surface area contributed by atoms with Gasteiger partial charge in [0.25, 0.3) is 0 Å². The predicted molar refractivity (Wildman–Crippen MR) is 71.8 cm³/mol. The minimum atomic E-state index is 0.464. The molecule has 0 saturated carbocycles. The fraction of sp³-hybridized carbons (Fsp3) is 0.200. The fourth-order valence-electron chi connectivity index (χ4n) is 1.29. The Morgan fingerprint density at radius 3 is 2.75 bits per heavy atom. The number of thiophene rings is 1. The third-order valence-electron chi connectivity index (χ3n) is 2.07. The average Bonchev–Trinajstić information content (AvgIpc) is 2.69. The van der Waals surface area contributed by atoms with Crippen LogP contribution in [0.15, 0.2) is 16.6 Å². The van der Waals surface area contributed by atoms with Gasteiger partial charge in [0.15, 0.2) is 5.82 Å². The van der Waals surface area contributed by atoms with Gasteiger partial charge in [0.2, 0.25) is 0 Å². The molecule has 0 amide bonds. The van der Waals surface area contributed by atoms with Gasteiger partial charge in [-0.05, 0) is 34.5 Å². The van der Waals surface area contributed by atoms with E-state index >= 15 is 0 Å². The van der Waals surface area contributed by atoms with Crippen molar-refractivity contribution < 1.29 is 0 Å². The summed E-state index contributed by atoms with van der Waals surface area (Å²) in [6.45, 7) is 2.03. The molecule has 3 nitrogen and oxygen atoms in total. The van der Waals surface area contributed by atoms with Crippen molar-refractivity contribution in [2.75, 3.05) is 5.73 Å². The summed E-state index contributed by atoms with van der Waals surface area (Å²) in [5.74, 6) is 1.10. The molecule has 0 aliphatic heterocycles. The Balaban J connectivity index is 2.54. The highest BCUT2D eigenvalue weighted by Gasteiger charge is 2.11. The predicted octanol–water partition coefficient (Wildman–Crippen LogP) is 3.77. The van der Waals surface area contributed by atoms with E-state index in [-0.39, 0.29) is 0 Å². The standard InChI is InChI=1S/C10H9BrClN3S/c1-2-5-8(11)9(13)15-10(14-5)6-3-4-7(12)16-6/h3-4H,2H2,1H3,(H2,13,14,15). The molecule has 2 heterocycles. The molecule has 0 fully saturated rings. The fourth-order valence-corrected chi connectivity index (χ4v) is 2.73. The van der Waals surface area contributed by atoms with E-state index in [1.54, 1.807) is 0 Å². The smallest absolute Gasteiger partial charge is 0.171 e. The largest absolute Gasteiger partial charge is 0.383 e. The summed E-state index contributed by atoms with van der Waals surface area (Å²) in [4.78, 5) is 9.61. The molecule has 0 atom stereocenters. The first-order valence-corrected chi connectivity index (χ1v) is 6.68. The van der Waals surface area contributed by atoms with E-state index < -0.39 is 0 Å². The second-order valence-corrected chi connectivity index (χ2v) is 5.66. The first-order chi connectivity index (χ1) is 7.61. The van der Waals surface area contributed by atoms with Gasteiger partial charge < -0.3 is 5.73 Å². The number of anilines is 1. The van der Waals surface area contributed by atoms with Gasteiger partial charge >= 0.3 is 0 Å². The Hall–Kier alpha value is -0.650. The Morgan fingerprint density at radius 2 is 2.19 bits per heavy atom. The highest BCUT2D eigenvalue weighted by molar-refractivity contribution is 9.10. The van der Waals surface area contributed by atoms with Crippen molar-refractivity contribution in [1.82, 2.24) is 9.97 Å². The van der Waals surface area contributed by atoms with Crippen molar-refractivity contribution in [3.63, 3.8) is 0 Å². The maximum atomic E-state index is 5.88. The molecular weight excluding hydrogens is 310 g/mol. The third-order valence-corrected chi connectivity index (χ3v) is 4.16. The van der Waals surface area contributed by atoms with Crippen LogP contribution in [0.5, 0.6) is 0 Å². The van der Waals surface area contributed by atoms with Crippen LogP contribution in [0.1, 0.15) is 12.6 Å². The topological polar surface area (TPSA) is 51.8 Å². The maximum Gasteiger partial charge on any atom is 0.171 e. The Morgan fingerprint density at radius 1 is 1.44 bits per heavy atom. The molecule has 0 aliphatic carbocycles. The number of halogens is 2. The second kappa shape index (κ2) is 4.69. The summed E-state index contributed by atoms with van der Waals surface area (Å²) in [7, 11) is 0. The first kappa shape index (κ1) is 11.8. The van der Waals surface area contributed by atoms with E-state index in [9.17, 15) is 0 Å². The van der Waals surface area contributed by atoms with E-state index in [1.165, 1.54) is 11.3 Å². The number of nitrogens with zero attached hydrogens (tertiary/aromatic N) is 2. The summed E-state index contributed by atoms with van der Waals surface area (Å²) in [5.41, 5.74) is 6.72. The second-order valence-electron chi connectivity index (χ2n) is 3.15. The lowest BCUT2D eigenvalue weighted by Gasteiger charge is -2.05. The minimum Gasteiger partial charge on any atom is -0.383 e. The lowest BCUT2D eigenvalue weighted by Crippen LogP contribution is -2.01. The van der Waals surface area contributed by atoms with E-state index in [2.05, 4.69) is 25.9 Å². The van der Waals surface area contributed by atoms with Crippen LogP contribution in [0.25, 0.3) is 10.7 Å². The van der Waals surface area contributed by atoms with Crippen LogP contribution in [0.3, 0.4) is 0 Å². The van der Waals surface area contributed by atoms with Gasteiger partial charge in [-0.15, -0.1) is 11.3 Å². The maximum absolute atomic E-state index is 5.88. The van der Waals surface area contributed by atoms with E-state index in [0.717, 1.165) is 25.8 Å². The summed E-state index contributed by atoms with van der Waals surface area (Å²) in [6, 6.07) is 3.73. The van der Waals surface area contributed by atoms with Gasteiger partial charge in [-0.1, -0.05) is 18.5 Å². The minimum absolute atomic E-state index is 0.464. The van der Waals surface area contributed by atoms with Crippen LogP contribution in [0.2, 0.25) is 4.34 Å². The number of hydrogen-bond donors (Lipinski definition) is 1. The van der Waals surface area contributed by atoms with Gasteiger partial charge in [0, 0.05) is 0 Å². The quantitative estimate of drug-likeness (QED) is 0.917. The van der Waals surface area contributed by atoms with Gasteiger partial charge in [0.05, 0.1) is 19.4 Å². The summed E-state index contributed by atoms with van der Waals surface area (Å²) >= 11 is 10.7. The van der Waals surface area contributed by atoms with E-state index in [4.69, 9.17) is 17.3 Å². The normalized spacial score (nSPS) is 10.7. The molecule has 0 bridgehead atoms. The lowest BCUT2D eigenvalue weighted by atomic mass is 10.3. The van der Waals surface area contributed by atoms with Gasteiger partial charge in [-0.2, -0.15) is 0 Å². The van der Waals surface area contributed by atoms with Crippen LogP contribution in [-0.2, 0) is 6.42 Å². The molecule has 6 heteroatoms. The molecule has 2 aromatic heterocycles. The van der Waals surface area contributed by atoms with Crippen LogP contribution in [0.4, 0.5) is 5.82 Å². The van der Waals surface area contributed by atoms with Gasteiger partial charge in [0.1, 0.15) is 5.82 Å². The van der Waals surface area contributed by atoms with Crippen LogP contribution in [-0.4, -0.2) is 9.97 Å². The number of nitrogens with two attached hydrogens (primary N) is 1. The summed E-state index contributed by atoms with van der Waals surface area (Å²) < 4.78 is 1.50. The van der Waals surface area contributed by atoms with Crippen LogP contribution >= 0.6 is 38.9 Å². The van der Waals surface area contributed by atoms with E-state index in [1.807, 2.05) is 19.1 Å². The van der Waals surface area contributed by atoms with Gasteiger partial charge in [-0.25, -0.2) is 9.97 Å². The number of hydrogen-bond acceptors (Lipinski definition) is 4. The highest BCUT2D eigenvalue weighted by atomic mass is 79.9. The molecule has 84 valence electrons. The van der Waals surface area contributed by atoms with Crippen LogP contribution < -0.4 is 5.73 Å². The number of aromatic nitrogens is 2. The Bertz CT molecular complexity index is 527. The van der Waals surface area contributed by atoms with E-state index in [0.29, 0.717) is 11.6 Å². The van der Waals surface area contributed by atoms with Crippen molar-refractivity contribution in [3.8, 4) is 10.7 Å². The van der Waals surface area contributed by atoms with Crippen LogP contribution in [0, 0.1) is 0 Å². The molecule has 0 aromatic carbocycles. The van der Waals surface area contributed by atoms with Crippen molar-refractivity contribution in [3.05, 3.63) is 26.6 Å². The number of rotatable bonds is 2. The molecule has 2 rings (SSSR count). The van der Waals surface area contributed by atoms with Crippen molar-refractivity contribution in [2.24, 2.45) is 0 Å².